The maximum Gasteiger partial charge on any atom is 0.277 e. The van der Waals surface area contributed by atoms with E-state index in [1.807, 2.05) is 0 Å². The third-order valence-corrected chi connectivity index (χ3v) is 4.60. The summed E-state index contributed by atoms with van der Waals surface area (Å²) in [6.07, 6.45) is 4.28. The van der Waals surface area contributed by atoms with E-state index in [0.717, 1.165) is 25.7 Å². The van der Waals surface area contributed by atoms with E-state index in [4.69, 9.17) is 9.47 Å². The summed E-state index contributed by atoms with van der Waals surface area (Å²) in [6, 6.07) is 6.26. The Bertz CT molecular complexity index is 690. The van der Waals surface area contributed by atoms with Crippen LogP contribution in [0.5, 0.6) is 0 Å². The van der Waals surface area contributed by atoms with Gasteiger partial charge in [0.1, 0.15) is 6.10 Å². The number of carbonyl (C=O) groups excluding carboxylic acids is 1. The zero-order valence-corrected chi connectivity index (χ0v) is 11.9. The van der Waals surface area contributed by atoms with E-state index in [1.54, 1.807) is 24.3 Å². The molecule has 6 heteroatoms. The lowest BCUT2D eigenvalue weighted by molar-refractivity contribution is -0.385. The third-order valence-electron chi connectivity index (χ3n) is 4.60. The molecular formula is C16H15NO5. The number of fused-ring (bicyclic) bond motifs is 1. The minimum atomic E-state index is -0.659. The van der Waals surface area contributed by atoms with Gasteiger partial charge in [-0.15, -0.1) is 0 Å². The summed E-state index contributed by atoms with van der Waals surface area (Å²) in [4.78, 5) is 23.3. The number of hydrogen-bond acceptors (Lipinski definition) is 5. The van der Waals surface area contributed by atoms with Crippen molar-refractivity contribution in [3.05, 3.63) is 46.0 Å². The number of nitro benzene ring substituents is 1. The van der Waals surface area contributed by atoms with E-state index in [0.29, 0.717) is 11.1 Å². The molecule has 4 rings (SSSR count). The molecule has 1 aliphatic heterocycles. The van der Waals surface area contributed by atoms with Crippen molar-refractivity contribution in [1.82, 2.24) is 0 Å². The molecule has 1 spiro atoms. The lowest BCUT2D eigenvalue weighted by atomic mass is 10.0. The molecule has 1 aromatic carbocycles. The van der Waals surface area contributed by atoms with Crippen LogP contribution < -0.4 is 0 Å². The molecular weight excluding hydrogens is 286 g/mol. The first kappa shape index (κ1) is 13.6. The number of benzene rings is 1. The molecule has 6 nitrogen and oxygen atoms in total. The van der Waals surface area contributed by atoms with Crippen LogP contribution in [-0.4, -0.2) is 28.7 Å². The topological polar surface area (TPSA) is 78.7 Å². The van der Waals surface area contributed by atoms with Gasteiger partial charge >= 0.3 is 0 Å². The molecule has 1 aromatic rings. The Kier molecular flexibility index (Phi) is 2.92. The highest BCUT2D eigenvalue weighted by molar-refractivity contribution is 6.26. The molecule has 0 aromatic heterocycles. The van der Waals surface area contributed by atoms with Gasteiger partial charge in [-0.3, -0.25) is 14.9 Å². The van der Waals surface area contributed by atoms with Gasteiger partial charge in [-0.1, -0.05) is 12.1 Å². The van der Waals surface area contributed by atoms with Gasteiger partial charge in [0.05, 0.1) is 10.5 Å². The summed E-state index contributed by atoms with van der Waals surface area (Å²) in [5.41, 5.74) is 0.590. The molecule has 0 N–H and O–H groups in total. The van der Waals surface area contributed by atoms with Crippen molar-refractivity contribution in [1.29, 1.82) is 0 Å². The van der Waals surface area contributed by atoms with Gasteiger partial charge in [0.2, 0.25) is 0 Å². The summed E-state index contributed by atoms with van der Waals surface area (Å²) < 4.78 is 11.9. The van der Waals surface area contributed by atoms with E-state index in [2.05, 4.69) is 0 Å². The highest BCUT2D eigenvalue weighted by Crippen LogP contribution is 2.46. The fourth-order valence-electron chi connectivity index (χ4n) is 3.59. The second-order valence-electron chi connectivity index (χ2n) is 5.96. The molecule has 1 heterocycles. The average molecular weight is 301 g/mol. The molecule has 0 amide bonds. The zero-order chi connectivity index (χ0) is 15.3. The Morgan fingerprint density at radius 3 is 2.59 bits per heavy atom. The van der Waals surface area contributed by atoms with Crippen LogP contribution in [0.4, 0.5) is 5.69 Å². The SMILES string of the molecule is O=C1C(c2ccccc2[N+](=O)[O-])=C[C@@H]2OC3(CCCC3)O[C@H]12. The molecule has 0 bridgehead atoms. The first-order valence-corrected chi connectivity index (χ1v) is 7.45. The van der Waals surface area contributed by atoms with Crippen molar-refractivity contribution in [3.8, 4) is 0 Å². The Labute approximate surface area is 126 Å². The Morgan fingerprint density at radius 1 is 1.18 bits per heavy atom. The molecule has 114 valence electrons. The summed E-state index contributed by atoms with van der Waals surface area (Å²) >= 11 is 0. The minimum absolute atomic E-state index is 0.0716. The van der Waals surface area contributed by atoms with Gasteiger partial charge in [-0.25, -0.2) is 0 Å². The monoisotopic (exact) mass is 301 g/mol. The summed E-state index contributed by atoms with van der Waals surface area (Å²) in [7, 11) is 0. The van der Waals surface area contributed by atoms with Gasteiger partial charge in [0.15, 0.2) is 17.7 Å². The van der Waals surface area contributed by atoms with Crippen LogP contribution in [0.15, 0.2) is 30.3 Å². The lowest BCUT2D eigenvalue weighted by Crippen LogP contribution is -2.29. The molecule has 0 unspecified atom stereocenters. The highest BCUT2D eigenvalue weighted by atomic mass is 16.8. The van der Waals surface area contributed by atoms with Gasteiger partial charge in [-0.05, 0) is 25.0 Å². The number of ether oxygens (including phenoxy) is 2. The highest BCUT2D eigenvalue weighted by Gasteiger charge is 2.54. The molecule has 1 saturated carbocycles. The van der Waals surface area contributed by atoms with Crippen molar-refractivity contribution >= 4 is 17.0 Å². The molecule has 2 fully saturated rings. The van der Waals surface area contributed by atoms with Crippen molar-refractivity contribution in [2.24, 2.45) is 0 Å². The van der Waals surface area contributed by atoms with Crippen LogP contribution in [-0.2, 0) is 14.3 Å². The van der Waals surface area contributed by atoms with E-state index in [9.17, 15) is 14.9 Å². The van der Waals surface area contributed by atoms with E-state index >= 15 is 0 Å². The van der Waals surface area contributed by atoms with Gasteiger partial charge in [0.25, 0.3) is 5.69 Å². The Balaban J connectivity index is 1.69. The number of ketones is 1. The fraction of sp³-hybridized carbons (Fsp3) is 0.438. The second-order valence-corrected chi connectivity index (χ2v) is 5.96. The number of hydrogen-bond donors (Lipinski definition) is 0. The van der Waals surface area contributed by atoms with E-state index < -0.39 is 22.9 Å². The number of nitrogens with zero attached hydrogens (tertiary/aromatic N) is 1. The van der Waals surface area contributed by atoms with Crippen LogP contribution in [0.2, 0.25) is 0 Å². The molecule has 1 saturated heterocycles. The number of Topliss-reactive ketones (excluding diaryl/α,β-unsaturated/α-hetero) is 1. The van der Waals surface area contributed by atoms with E-state index in [1.165, 1.54) is 6.07 Å². The smallest absolute Gasteiger partial charge is 0.277 e. The first-order chi connectivity index (χ1) is 10.6. The quantitative estimate of drug-likeness (QED) is 0.619. The summed E-state index contributed by atoms with van der Waals surface area (Å²) in [6.45, 7) is 0. The fourth-order valence-corrected chi connectivity index (χ4v) is 3.59. The van der Waals surface area contributed by atoms with Crippen LogP contribution in [0, 0.1) is 10.1 Å². The molecule has 0 radical (unpaired) electrons. The Hall–Kier alpha value is -2.05. The lowest BCUT2D eigenvalue weighted by Gasteiger charge is -2.22. The number of rotatable bonds is 2. The van der Waals surface area contributed by atoms with Crippen molar-refractivity contribution in [2.75, 3.05) is 0 Å². The largest absolute Gasteiger partial charge is 0.339 e. The van der Waals surface area contributed by atoms with Gasteiger partial charge < -0.3 is 9.47 Å². The predicted octanol–water partition coefficient (Wildman–Crippen LogP) is 2.62. The number of nitro groups is 1. The number of para-hydroxylation sites is 1. The van der Waals surface area contributed by atoms with Crippen LogP contribution in [0.1, 0.15) is 31.2 Å². The van der Waals surface area contributed by atoms with Crippen LogP contribution >= 0.6 is 0 Å². The second kappa shape index (κ2) is 4.72. The number of carbonyl (C=O) groups is 1. The first-order valence-electron chi connectivity index (χ1n) is 7.45. The molecule has 3 aliphatic rings. The maximum atomic E-state index is 12.6. The van der Waals surface area contributed by atoms with Gasteiger partial charge in [-0.2, -0.15) is 0 Å². The zero-order valence-electron chi connectivity index (χ0n) is 11.9. The minimum Gasteiger partial charge on any atom is -0.339 e. The molecule has 22 heavy (non-hydrogen) atoms. The van der Waals surface area contributed by atoms with Crippen molar-refractivity contribution < 1.29 is 19.2 Å². The summed E-state index contributed by atoms with van der Waals surface area (Å²) in [5, 5.41) is 11.1. The molecule has 2 aliphatic carbocycles. The van der Waals surface area contributed by atoms with Gasteiger partial charge in [0, 0.05) is 24.5 Å². The molecule has 2 atom stereocenters. The standard InChI is InChI=1S/C16H15NO5/c18-14-11(10-5-1-2-6-12(10)17(19)20)9-13-15(14)22-16(21-13)7-3-4-8-16/h1-2,5-6,9,13,15H,3-4,7-8H2/t13-,15-/m0/s1. The maximum absolute atomic E-state index is 12.6. The van der Waals surface area contributed by atoms with Crippen molar-refractivity contribution in [3.63, 3.8) is 0 Å². The normalized spacial score (nSPS) is 28.9. The Morgan fingerprint density at radius 2 is 1.91 bits per heavy atom. The predicted molar refractivity (Wildman–Crippen MR) is 77.0 cm³/mol. The summed E-state index contributed by atoms with van der Waals surface area (Å²) in [5.74, 6) is -0.835. The van der Waals surface area contributed by atoms with Crippen molar-refractivity contribution in [2.45, 2.75) is 43.7 Å². The van der Waals surface area contributed by atoms with Crippen LogP contribution in [0.25, 0.3) is 5.57 Å². The van der Waals surface area contributed by atoms with Crippen LogP contribution in [0.3, 0.4) is 0 Å². The third kappa shape index (κ3) is 1.91. The van der Waals surface area contributed by atoms with E-state index in [-0.39, 0.29) is 11.5 Å². The average Bonchev–Trinajstić information content (AvgIpc) is 3.18.